The lowest BCUT2D eigenvalue weighted by atomic mass is 10.0. The van der Waals surface area contributed by atoms with Crippen LogP contribution >= 0.6 is 0 Å². The molecule has 0 aromatic heterocycles. The van der Waals surface area contributed by atoms with Crippen molar-refractivity contribution in [3.8, 4) is 0 Å². The lowest BCUT2D eigenvalue weighted by Gasteiger charge is -2.35. The Balaban J connectivity index is 1.50. The fraction of sp³-hybridized carbons (Fsp3) is 0.526. The molecule has 1 aromatic carbocycles. The van der Waals surface area contributed by atoms with E-state index in [1.807, 2.05) is 0 Å². The van der Waals surface area contributed by atoms with Crippen molar-refractivity contribution in [1.29, 1.82) is 0 Å². The zero-order valence-electron chi connectivity index (χ0n) is 15.0. The Morgan fingerprint density at radius 1 is 1.04 bits per heavy atom. The number of rotatable bonds is 5. The predicted octanol–water partition coefficient (Wildman–Crippen LogP) is 0.955. The third-order valence-corrected chi connectivity index (χ3v) is 5.22. The van der Waals surface area contributed by atoms with Gasteiger partial charge in [-0.3, -0.25) is 14.4 Å². The molecule has 2 aliphatic rings. The van der Waals surface area contributed by atoms with Gasteiger partial charge in [-0.05, 0) is 37.0 Å². The molecule has 7 heteroatoms. The second-order valence-electron chi connectivity index (χ2n) is 7.01. The van der Waals surface area contributed by atoms with Gasteiger partial charge in [0.25, 0.3) is 0 Å². The van der Waals surface area contributed by atoms with Crippen LogP contribution in [0.1, 0.15) is 25.3 Å². The van der Waals surface area contributed by atoms with E-state index in [0.717, 1.165) is 5.56 Å². The number of benzene rings is 1. The first-order valence-electron chi connectivity index (χ1n) is 9.00. The van der Waals surface area contributed by atoms with Crippen LogP contribution in [0.25, 0.3) is 0 Å². The highest BCUT2D eigenvalue weighted by atomic mass is 19.1. The second-order valence-corrected chi connectivity index (χ2v) is 7.01. The molecule has 0 bridgehead atoms. The van der Waals surface area contributed by atoms with Crippen LogP contribution in [0.5, 0.6) is 0 Å². The molecule has 6 nitrogen and oxygen atoms in total. The topological polar surface area (TPSA) is 69.7 Å². The van der Waals surface area contributed by atoms with Gasteiger partial charge in [-0.1, -0.05) is 12.1 Å². The molecule has 3 amide bonds. The van der Waals surface area contributed by atoms with Gasteiger partial charge in [-0.15, -0.1) is 0 Å². The molecule has 0 atom stereocenters. The summed E-state index contributed by atoms with van der Waals surface area (Å²) in [5.41, 5.74) is 0.00417. The molecule has 1 aliphatic carbocycles. The lowest BCUT2D eigenvalue weighted by molar-refractivity contribution is -0.147. The highest BCUT2D eigenvalue weighted by Gasteiger charge is 2.58. The van der Waals surface area contributed by atoms with E-state index in [2.05, 4.69) is 5.32 Å². The van der Waals surface area contributed by atoms with Gasteiger partial charge in [0, 0.05) is 39.6 Å². The van der Waals surface area contributed by atoms with E-state index < -0.39 is 5.41 Å². The van der Waals surface area contributed by atoms with Crippen molar-refractivity contribution in [3.05, 3.63) is 35.6 Å². The first-order valence-corrected chi connectivity index (χ1v) is 9.00. The Morgan fingerprint density at radius 3 is 2.15 bits per heavy atom. The van der Waals surface area contributed by atoms with E-state index in [4.69, 9.17) is 0 Å². The van der Waals surface area contributed by atoms with Crippen molar-refractivity contribution in [2.45, 2.75) is 26.2 Å². The average molecular weight is 361 g/mol. The first-order chi connectivity index (χ1) is 12.4. The lowest BCUT2D eigenvalue weighted by Crippen LogP contribution is -2.54. The van der Waals surface area contributed by atoms with Crippen molar-refractivity contribution < 1.29 is 18.8 Å². The summed E-state index contributed by atoms with van der Waals surface area (Å²) < 4.78 is 12.9. The molecule has 2 fully saturated rings. The van der Waals surface area contributed by atoms with E-state index in [1.165, 1.54) is 19.1 Å². The third-order valence-electron chi connectivity index (χ3n) is 5.22. The van der Waals surface area contributed by atoms with E-state index in [1.54, 1.807) is 21.9 Å². The molecule has 1 aromatic rings. The quantitative estimate of drug-likeness (QED) is 0.794. The number of halogens is 1. The van der Waals surface area contributed by atoms with E-state index in [-0.39, 0.29) is 23.5 Å². The molecule has 0 unspecified atom stereocenters. The Bertz CT molecular complexity index is 692. The Labute approximate surface area is 152 Å². The minimum absolute atomic E-state index is 0.0109. The number of nitrogens with zero attached hydrogens (tertiary/aromatic N) is 2. The van der Waals surface area contributed by atoms with Crippen LogP contribution in [-0.2, 0) is 20.8 Å². The van der Waals surface area contributed by atoms with E-state index in [9.17, 15) is 18.8 Å². The molecule has 3 rings (SSSR count). The van der Waals surface area contributed by atoms with Crippen LogP contribution < -0.4 is 5.32 Å². The van der Waals surface area contributed by atoms with Crippen LogP contribution in [0, 0.1) is 11.2 Å². The summed E-state index contributed by atoms with van der Waals surface area (Å²) in [4.78, 5) is 40.1. The summed E-state index contributed by atoms with van der Waals surface area (Å²) in [6, 6.07) is 6.16. The van der Waals surface area contributed by atoms with Crippen LogP contribution in [0.15, 0.2) is 24.3 Å². The van der Waals surface area contributed by atoms with Gasteiger partial charge in [-0.25, -0.2) is 4.39 Å². The number of nitrogens with one attached hydrogen (secondary N) is 1. The highest BCUT2D eigenvalue weighted by molar-refractivity contribution is 6.07. The van der Waals surface area contributed by atoms with Gasteiger partial charge in [0.1, 0.15) is 11.2 Å². The summed E-state index contributed by atoms with van der Waals surface area (Å²) in [6.07, 6.45) is 1.73. The van der Waals surface area contributed by atoms with Crippen molar-refractivity contribution in [2.75, 3.05) is 32.7 Å². The van der Waals surface area contributed by atoms with Gasteiger partial charge < -0.3 is 15.1 Å². The Hall–Kier alpha value is -2.44. The summed E-state index contributed by atoms with van der Waals surface area (Å²) in [5, 5.41) is 2.85. The summed E-state index contributed by atoms with van der Waals surface area (Å²) in [7, 11) is 0. The van der Waals surface area contributed by atoms with Gasteiger partial charge in [-0.2, -0.15) is 0 Å². The highest BCUT2D eigenvalue weighted by Crippen LogP contribution is 2.47. The maximum atomic E-state index is 12.9. The van der Waals surface area contributed by atoms with Gasteiger partial charge in [0.15, 0.2) is 0 Å². The van der Waals surface area contributed by atoms with Crippen LogP contribution in [0.2, 0.25) is 0 Å². The zero-order valence-corrected chi connectivity index (χ0v) is 15.0. The fourth-order valence-electron chi connectivity index (χ4n) is 3.33. The summed E-state index contributed by atoms with van der Waals surface area (Å²) >= 11 is 0. The Morgan fingerprint density at radius 2 is 1.62 bits per heavy atom. The number of amides is 3. The zero-order chi connectivity index (χ0) is 18.7. The molecule has 1 saturated carbocycles. The van der Waals surface area contributed by atoms with Gasteiger partial charge in [0.05, 0.1) is 0 Å². The van der Waals surface area contributed by atoms with Crippen LogP contribution in [0.3, 0.4) is 0 Å². The molecule has 0 spiro atoms. The van der Waals surface area contributed by atoms with E-state index in [0.29, 0.717) is 52.0 Å². The number of hydrogen-bond donors (Lipinski definition) is 1. The van der Waals surface area contributed by atoms with E-state index >= 15 is 0 Å². The molecular weight excluding hydrogens is 337 g/mol. The van der Waals surface area contributed by atoms with Crippen molar-refractivity contribution in [2.24, 2.45) is 5.41 Å². The standard InChI is InChI=1S/C19H24FN3O3/c1-14(24)22-10-12-23(13-11-22)18(26)19(7-8-19)17(25)21-9-6-15-2-4-16(20)5-3-15/h2-5H,6-13H2,1H3,(H,21,25). The maximum Gasteiger partial charge on any atom is 0.238 e. The molecule has 1 heterocycles. The first kappa shape index (κ1) is 18.4. The minimum Gasteiger partial charge on any atom is -0.355 e. The van der Waals surface area contributed by atoms with Crippen molar-refractivity contribution in [1.82, 2.24) is 15.1 Å². The smallest absolute Gasteiger partial charge is 0.238 e. The van der Waals surface area contributed by atoms with Crippen LogP contribution in [0.4, 0.5) is 4.39 Å². The Kier molecular flexibility index (Phi) is 5.25. The van der Waals surface area contributed by atoms with Crippen LogP contribution in [-0.4, -0.2) is 60.2 Å². The van der Waals surface area contributed by atoms with Gasteiger partial charge >= 0.3 is 0 Å². The molecule has 0 radical (unpaired) electrons. The number of piperazine rings is 1. The average Bonchev–Trinajstić information content (AvgIpc) is 3.45. The molecule has 1 N–H and O–H groups in total. The minimum atomic E-state index is -0.929. The third kappa shape index (κ3) is 3.86. The monoisotopic (exact) mass is 361 g/mol. The molecule has 140 valence electrons. The SMILES string of the molecule is CC(=O)N1CCN(C(=O)C2(C(=O)NCCc3ccc(F)cc3)CC2)CC1. The predicted molar refractivity (Wildman–Crippen MR) is 93.6 cm³/mol. The molecular formula is C19H24FN3O3. The maximum absolute atomic E-state index is 12.9. The largest absolute Gasteiger partial charge is 0.355 e. The van der Waals surface area contributed by atoms with Crippen molar-refractivity contribution in [3.63, 3.8) is 0 Å². The normalized spacial score (nSPS) is 18.4. The number of carbonyl (C=O) groups excluding carboxylic acids is 3. The van der Waals surface area contributed by atoms with Gasteiger partial charge in [0.2, 0.25) is 17.7 Å². The molecule has 1 aliphatic heterocycles. The number of carbonyl (C=O) groups is 3. The number of hydrogen-bond acceptors (Lipinski definition) is 3. The molecule has 26 heavy (non-hydrogen) atoms. The molecule has 1 saturated heterocycles. The summed E-state index contributed by atoms with van der Waals surface area (Å²) in [5.74, 6) is -0.624. The fourth-order valence-corrected chi connectivity index (χ4v) is 3.33. The second kappa shape index (κ2) is 7.43. The summed E-state index contributed by atoms with van der Waals surface area (Å²) in [6.45, 7) is 3.92. The van der Waals surface area contributed by atoms with Crippen molar-refractivity contribution >= 4 is 17.7 Å².